The van der Waals surface area contributed by atoms with Gasteiger partial charge in [0.2, 0.25) is 0 Å². The molecule has 4 heteroatoms. The van der Waals surface area contributed by atoms with Crippen LogP contribution in [0.5, 0.6) is 11.5 Å². The Hall–Kier alpha value is -1.22. The summed E-state index contributed by atoms with van der Waals surface area (Å²) >= 11 is 12.3. The molecule has 0 radical (unpaired) electrons. The van der Waals surface area contributed by atoms with Crippen LogP contribution in [-0.2, 0) is 0 Å². The van der Waals surface area contributed by atoms with Crippen molar-refractivity contribution in [1.29, 1.82) is 0 Å². The van der Waals surface area contributed by atoms with E-state index in [0.29, 0.717) is 21.5 Å². The minimum Gasteiger partial charge on any atom is -0.456 e. The molecule has 0 aliphatic carbocycles. The lowest BCUT2D eigenvalue weighted by Crippen LogP contribution is -2.19. The van der Waals surface area contributed by atoms with Gasteiger partial charge in [-0.2, -0.15) is 0 Å². The number of rotatable bonds is 6. The average Bonchev–Trinajstić information content (AvgIpc) is 2.47. The first kappa shape index (κ1) is 16.2. The first-order chi connectivity index (χ1) is 10.1. The molecule has 1 unspecified atom stereocenters. The van der Waals surface area contributed by atoms with Crippen molar-refractivity contribution in [3.63, 3.8) is 0 Å². The van der Waals surface area contributed by atoms with E-state index in [1.165, 1.54) is 0 Å². The van der Waals surface area contributed by atoms with Crippen LogP contribution in [0.3, 0.4) is 0 Å². The summed E-state index contributed by atoms with van der Waals surface area (Å²) in [5, 5.41) is 4.67. The number of hydrogen-bond donors (Lipinski definition) is 1. The Morgan fingerprint density at radius 2 is 1.95 bits per heavy atom. The molecule has 0 aromatic heterocycles. The first-order valence-electron chi connectivity index (χ1n) is 7.06. The van der Waals surface area contributed by atoms with E-state index in [1.54, 1.807) is 12.1 Å². The van der Waals surface area contributed by atoms with Crippen molar-refractivity contribution < 1.29 is 4.74 Å². The van der Waals surface area contributed by atoms with Gasteiger partial charge in [0.1, 0.15) is 11.5 Å². The number of nitrogens with one attached hydrogen (secondary N) is 1. The van der Waals surface area contributed by atoms with Crippen molar-refractivity contribution in [1.82, 2.24) is 5.32 Å². The maximum atomic E-state index is 6.31. The third-order valence-electron chi connectivity index (χ3n) is 3.18. The molecule has 0 amide bonds. The third-order valence-corrected chi connectivity index (χ3v) is 3.71. The summed E-state index contributed by atoms with van der Waals surface area (Å²) in [6, 6.07) is 13.4. The first-order valence-corrected chi connectivity index (χ1v) is 7.82. The molecule has 0 saturated carbocycles. The second kappa shape index (κ2) is 7.69. The molecule has 0 fully saturated rings. The highest BCUT2D eigenvalue weighted by Gasteiger charge is 2.09. The number of hydrogen-bond acceptors (Lipinski definition) is 2. The zero-order chi connectivity index (χ0) is 15.2. The number of halogens is 2. The van der Waals surface area contributed by atoms with Crippen molar-refractivity contribution in [2.75, 3.05) is 6.54 Å². The monoisotopic (exact) mass is 323 g/mol. The summed E-state index contributed by atoms with van der Waals surface area (Å²) in [6.45, 7) is 5.26. The molecule has 0 aliphatic rings. The van der Waals surface area contributed by atoms with Gasteiger partial charge in [-0.25, -0.2) is 0 Å². The molecule has 21 heavy (non-hydrogen) atoms. The van der Waals surface area contributed by atoms with E-state index in [1.807, 2.05) is 30.3 Å². The van der Waals surface area contributed by atoms with Crippen LogP contribution in [0, 0.1) is 0 Å². The smallest absolute Gasteiger partial charge is 0.146 e. The van der Waals surface area contributed by atoms with E-state index in [0.717, 1.165) is 18.5 Å². The molecule has 0 saturated heterocycles. The van der Waals surface area contributed by atoms with Crippen LogP contribution in [-0.4, -0.2) is 6.54 Å². The van der Waals surface area contributed by atoms with E-state index in [-0.39, 0.29) is 6.04 Å². The molecule has 0 aliphatic heterocycles. The largest absolute Gasteiger partial charge is 0.456 e. The van der Waals surface area contributed by atoms with Crippen LogP contribution in [0.15, 0.2) is 42.5 Å². The quantitative estimate of drug-likeness (QED) is 0.720. The third kappa shape index (κ3) is 4.63. The predicted molar refractivity (Wildman–Crippen MR) is 89.7 cm³/mol. The Kier molecular flexibility index (Phi) is 5.92. The van der Waals surface area contributed by atoms with Crippen molar-refractivity contribution in [2.45, 2.75) is 26.3 Å². The van der Waals surface area contributed by atoms with E-state index in [2.05, 4.69) is 19.2 Å². The van der Waals surface area contributed by atoms with Gasteiger partial charge in [-0.15, -0.1) is 0 Å². The van der Waals surface area contributed by atoms with Gasteiger partial charge < -0.3 is 10.1 Å². The summed E-state index contributed by atoms with van der Waals surface area (Å²) in [7, 11) is 0. The summed E-state index contributed by atoms with van der Waals surface area (Å²) < 4.78 is 5.77. The van der Waals surface area contributed by atoms with Crippen molar-refractivity contribution in [3.05, 3.63) is 58.1 Å². The van der Waals surface area contributed by atoms with Gasteiger partial charge in [0.15, 0.2) is 0 Å². The molecule has 0 bridgehead atoms. The van der Waals surface area contributed by atoms with Crippen LogP contribution in [0.2, 0.25) is 10.0 Å². The molecule has 2 rings (SSSR count). The fourth-order valence-corrected chi connectivity index (χ4v) is 2.41. The molecule has 112 valence electrons. The highest BCUT2D eigenvalue weighted by molar-refractivity contribution is 6.32. The Bertz CT molecular complexity index is 601. The Labute approximate surface area is 136 Å². The van der Waals surface area contributed by atoms with Gasteiger partial charge in [-0.05, 0) is 55.8 Å². The van der Waals surface area contributed by atoms with Gasteiger partial charge in [0.05, 0.1) is 5.02 Å². The summed E-state index contributed by atoms with van der Waals surface area (Å²) in [4.78, 5) is 0. The van der Waals surface area contributed by atoms with Crippen LogP contribution >= 0.6 is 23.2 Å². The Morgan fingerprint density at radius 3 is 2.62 bits per heavy atom. The highest BCUT2D eigenvalue weighted by Crippen LogP contribution is 2.32. The van der Waals surface area contributed by atoms with Gasteiger partial charge in [0, 0.05) is 11.1 Å². The van der Waals surface area contributed by atoms with Crippen molar-refractivity contribution >= 4 is 23.2 Å². The van der Waals surface area contributed by atoms with Gasteiger partial charge in [-0.3, -0.25) is 0 Å². The predicted octanol–water partition coefficient (Wildman–Crippen LogP) is 5.85. The van der Waals surface area contributed by atoms with E-state index >= 15 is 0 Å². The van der Waals surface area contributed by atoms with E-state index in [4.69, 9.17) is 27.9 Å². The Morgan fingerprint density at radius 1 is 1.14 bits per heavy atom. The van der Waals surface area contributed by atoms with Crippen LogP contribution in [0.25, 0.3) is 0 Å². The number of benzene rings is 2. The molecule has 2 aromatic rings. The lowest BCUT2D eigenvalue weighted by molar-refractivity contribution is 0.482. The maximum absolute atomic E-state index is 6.31. The highest BCUT2D eigenvalue weighted by atomic mass is 35.5. The minimum absolute atomic E-state index is 0.266. The zero-order valence-electron chi connectivity index (χ0n) is 12.2. The van der Waals surface area contributed by atoms with Crippen molar-refractivity contribution in [3.8, 4) is 11.5 Å². The van der Waals surface area contributed by atoms with Crippen LogP contribution < -0.4 is 10.1 Å². The topological polar surface area (TPSA) is 21.3 Å². The molecule has 2 nitrogen and oxygen atoms in total. The molecule has 1 atom stereocenters. The summed E-state index contributed by atoms with van der Waals surface area (Å²) in [6.07, 6.45) is 1.11. The standard InChI is InChI=1S/C17H19Cl2NO/c1-3-9-20-12(2)13-7-8-17(16(19)10-13)21-15-6-4-5-14(18)11-15/h4-8,10-12,20H,3,9H2,1-2H3. The average molecular weight is 324 g/mol. The lowest BCUT2D eigenvalue weighted by Gasteiger charge is -2.15. The molecule has 0 spiro atoms. The Balaban J connectivity index is 2.12. The summed E-state index contributed by atoms with van der Waals surface area (Å²) in [5.74, 6) is 1.31. The van der Waals surface area contributed by atoms with Gasteiger partial charge in [-0.1, -0.05) is 42.3 Å². The molecular formula is C17H19Cl2NO. The molecule has 0 heterocycles. The van der Waals surface area contributed by atoms with E-state index < -0.39 is 0 Å². The van der Waals surface area contributed by atoms with Crippen molar-refractivity contribution in [2.24, 2.45) is 0 Å². The molecule has 2 aromatic carbocycles. The lowest BCUT2D eigenvalue weighted by atomic mass is 10.1. The van der Waals surface area contributed by atoms with Crippen LogP contribution in [0.1, 0.15) is 31.9 Å². The fraction of sp³-hybridized carbons (Fsp3) is 0.294. The second-order valence-electron chi connectivity index (χ2n) is 4.93. The molecule has 1 N–H and O–H groups in total. The number of ether oxygens (including phenoxy) is 1. The second-order valence-corrected chi connectivity index (χ2v) is 5.77. The van der Waals surface area contributed by atoms with Gasteiger partial charge in [0.25, 0.3) is 0 Å². The SMILES string of the molecule is CCCNC(C)c1ccc(Oc2cccc(Cl)c2)c(Cl)c1. The summed E-state index contributed by atoms with van der Waals surface area (Å²) in [5.41, 5.74) is 1.15. The maximum Gasteiger partial charge on any atom is 0.146 e. The minimum atomic E-state index is 0.266. The van der Waals surface area contributed by atoms with Gasteiger partial charge >= 0.3 is 0 Å². The van der Waals surface area contributed by atoms with E-state index in [9.17, 15) is 0 Å². The van der Waals surface area contributed by atoms with Crippen LogP contribution in [0.4, 0.5) is 0 Å². The molecular weight excluding hydrogens is 305 g/mol. The fourth-order valence-electron chi connectivity index (χ4n) is 2.01. The zero-order valence-corrected chi connectivity index (χ0v) is 13.7. The normalized spacial score (nSPS) is 12.2.